The summed E-state index contributed by atoms with van der Waals surface area (Å²) in [7, 11) is 1.53. The lowest BCUT2D eigenvalue weighted by Crippen LogP contribution is -2.36. The lowest BCUT2D eigenvalue weighted by atomic mass is 10.1. The number of aromatic nitrogens is 1. The van der Waals surface area contributed by atoms with Crippen LogP contribution in [0.25, 0.3) is 10.9 Å². The molecule has 0 saturated heterocycles. The number of benzene rings is 1. The first-order valence-corrected chi connectivity index (χ1v) is 5.35. The largest absolute Gasteiger partial charge is 0.360 e. The number of nitrogens with zero attached hydrogens (tertiary/aromatic N) is 1. The maximum absolute atomic E-state index is 11.9. The fourth-order valence-corrected chi connectivity index (χ4v) is 1.69. The number of hydrogen-bond acceptors (Lipinski definition) is 2. The summed E-state index contributed by atoms with van der Waals surface area (Å²) in [6.45, 7) is 0. The number of hydrogen-bond donors (Lipinski definition) is 3. The van der Waals surface area contributed by atoms with E-state index in [-0.39, 0.29) is 24.3 Å². The van der Waals surface area contributed by atoms with Gasteiger partial charge in [-0.25, -0.2) is 0 Å². The molecule has 2 rings (SSSR count). The van der Waals surface area contributed by atoms with Crippen molar-refractivity contribution in [1.82, 2.24) is 15.1 Å². The Bertz CT molecular complexity index is 579. The number of carbonyl (C=O) groups excluding carboxylic acids is 1. The van der Waals surface area contributed by atoms with Crippen molar-refractivity contribution in [2.45, 2.75) is 0 Å². The zero-order valence-corrected chi connectivity index (χ0v) is 11.1. The van der Waals surface area contributed by atoms with Gasteiger partial charge in [-0.2, -0.15) is 0 Å². The molecule has 0 bridgehead atoms. The standard InChI is InChI=1S/C11H11ClN4O.ClH/c1-13-11(16-12)15-10(17)8-6-14-9-5-3-2-4-7(8)9;/h2-6,14H,1H3,(H2,13,15,16,17);1H. The lowest BCUT2D eigenvalue weighted by molar-refractivity contribution is 0.0978. The molecule has 0 aliphatic carbocycles. The molecular weight excluding hydrogens is 275 g/mol. The highest BCUT2D eigenvalue weighted by atomic mass is 35.5. The Morgan fingerprint density at radius 3 is 2.78 bits per heavy atom. The minimum atomic E-state index is -0.267. The molecule has 5 nitrogen and oxygen atoms in total. The number of aromatic amines is 1. The number of fused-ring (bicyclic) bond motifs is 1. The molecule has 18 heavy (non-hydrogen) atoms. The van der Waals surface area contributed by atoms with Crippen LogP contribution in [-0.4, -0.2) is 23.9 Å². The SMILES string of the molecule is CN=C(NCl)NC(=O)c1c[nH]c2ccccc12.Cl. The monoisotopic (exact) mass is 286 g/mol. The van der Waals surface area contributed by atoms with E-state index in [1.165, 1.54) is 7.05 Å². The number of halogens is 2. The van der Waals surface area contributed by atoms with Gasteiger partial charge in [0, 0.05) is 35.9 Å². The second-order valence-electron chi connectivity index (χ2n) is 3.37. The minimum Gasteiger partial charge on any atom is -0.360 e. The Balaban J connectivity index is 0.00000162. The Morgan fingerprint density at radius 1 is 1.39 bits per heavy atom. The molecule has 1 heterocycles. The Labute approximate surface area is 115 Å². The number of carbonyl (C=O) groups is 1. The highest BCUT2D eigenvalue weighted by molar-refractivity contribution is 6.24. The van der Waals surface area contributed by atoms with Crippen molar-refractivity contribution in [2.75, 3.05) is 7.05 Å². The van der Waals surface area contributed by atoms with Crippen molar-refractivity contribution in [3.8, 4) is 0 Å². The molecule has 0 saturated carbocycles. The Kier molecular flexibility index (Phi) is 5.00. The highest BCUT2D eigenvalue weighted by Crippen LogP contribution is 2.17. The second kappa shape index (κ2) is 6.28. The van der Waals surface area contributed by atoms with Gasteiger partial charge in [0.05, 0.1) is 5.56 Å². The van der Waals surface area contributed by atoms with E-state index in [0.29, 0.717) is 5.56 Å². The van der Waals surface area contributed by atoms with Crippen LogP contribution >= 0.6 is 24.2 Å². The van der Waals surface area contributed by atoms with Gasteiger partial charge >= 0.3 is 0 Å². The first-order chi connectivity index (χ1) is 8.26. The molecule has 7 heteroatoms. The van der Waals surface area contributed by atoms with Gasteiger partial charge in [-0.1, -0.05) is 18.2 Å². The summed E-state index contributed by atoms with van der Waals surface area (Å²) in [4.78, 5) is 21.0. The summed E-state index contributed by atoms with van der Waals surface area (Å²) in [5, 5.41) is 3.42. The summed E-state index contributed by atoms with van der Waals surface area (Å²) in [5.41, 5.74) is 1.46. The third-order valence-electron chi connectivity index (χ3n) is 2.38. The van der Waals surface area contributed by atoms with Crippen molar-refractivity contribution < 1.29 is 4.79 Å². The zero-order chi connectivity index (χ0) is 12.3. The Hall–Kier alpha value is -1.72. The lowest BCUT2D eigenvalue weighted by Gasteiger charge is -2.04. The van der Waals surface area contributed by atoms with E-state index in [4.69, 9.17) is 11.8 Å². The van der Waals surface area contributed by atoms with Gasteiger partial charge in [0.2, 0.25) is 5.96 Å². The van der Waals surface area contributed by atoms with E-state index in [1.54, 1.807) is 6.20 Å². The molecular formula is C11H12Cl2N4O. The van der Waals surface area contributed by atoms with E-state index in [1.807, 2.05) is 24.3 Å². The van der Waals surface area contributed by atoms with Crippen LogP contribution in [-0.2, 0) is 0 Å². The van der Waals surface area contributed by atoms with Crippen molar-refractivity contribution >= 4 is 47.0 Å². The topological polar surface area (TPSA) is 69.3 Å². The van der Waals surface area contributed by atoms with Crippen molar-refractivity contribution in [1.29, 1.82) is 0 Å². The predicted octanol–water partition coefficient (Wildman–Crippen LogP) is 2.05. The first-order valence-electron chi connectivity index (χ1n) is 4.97. The number of aliphatic imine (C=N–C) groups is 1. The Morgan fingerprint density at radius 2 is 2.11 bits per heavy atom. The third kappa shape index (κ3) is 2.75. The van der Waals surface area contributed by atoms with Crippen LogP contribution in [0, 0.1) is 0 Å². The maximum Gasteiger partial charge on any atom is 0.260 e. The van der Waals surface area contributed by atoms with Gasteiger partial charge in [-0.3, -0.25) is 19.9 Å². The van der Waals surface area contributed by atoms with E-state index in [9.17, 15) is 4.79 Å². The van der Waals surface area contributed by atoms with Crippen molar-refractivity contribution in [3.63, 3.8) is 0 Å². The summed E-state index contributed by atoms with van der Waals surface area (Å²) in [5.74, 6) is -0.0573. The molecule has 3 N–H and O–H groups in total. The zero-order valence-electron chi connectivity index (χ0n) is 9.53. The third-order valence-corrected chi connectivity index (χ3v) is 2.56. The van der Waals surface area contributed by atoms with Gasteiger partial charge in [0.15, 0.2) is 0 Å². The van der Waals surface area contributed by atoms with E-state index < -0.39 is 0 Å². The molecule has 0 unspecified atom stereocenters. The normalized spacial score (nSPS) is 10.9. The van der Waals surface area contributed by atoms with Crippen LogP contribution in [0.3, 0.4) is 0 Å². The summed E-state index contributed by atoms with van der Waals surface area (Å²) < 4.78 is 0. The van der Waals surface area contributed by atoms with Gasteiger partial charge in [-0.05, 0) is 6.07 Å². The van der Waals surface area contributed by atoms with Crippen molar-refractivity contribution in [3.05, 3.63) is 36.0 Å². The fraction of sp³-hybridized carbons (Fsp3) is 0.0909. The quantitative estimate of drug-likeness (QED) is 0.427. The number of nitrogens with one attached hydrogen (secondary N) is 3. The summed E-state index contributed by atoms with van der Waals surface area (Å²) >= 11 is 5.39. The number of amides is 1. The molecule has 0 atom stereocenters. The van der Waals surface area contributed by atoms with Crippen LogP contribution in [0.5, 0.6) is 0 Å². The maximum atomic E-state index is 11.9. The summed E-state index contributed by atoms with van der Waals surface area (Å²) in [6.07, 6.45) is 1.65. The van der Waals surface area contributed by atoms with Crippen LogP contribution in [0.4, 0.5) is 0 Å². The van der Waals surface area contributed by atoms with E-state index in [2.05, 4.69) is 20.1 Å². The average Bonchev–Trinajstić information content (AvgIpc) is 2.79. The minimum absolute atomic E-state index is 0. The first kappa shape index (κ1) is 14.3. The smallest absolute Gasteiger partial charge is 0.260 e. The van der Waals surface area contributed by atoms with Gasteiger partial charge < -0.3 is 4.98 Å². The van der Waals surface area contributed by atoms with Crippen LogP contribution in [0.1, 0.15) is 10.4 Å². The number of guanidine groups is 1. The average molecular weight is 287 g/mol. The van der Waals surface area contributed by atoms with Crippen LogP contribution in [0.2, 0.25) is 0 Å². The summed E-state index contributed by atoms with van der Waals surface area (Å²) in [6, 6.07) is 7.56. The fourth-order valence-electron chi connectivity index (χ4n) is 1.56. The van der Waals surface area contributed by atoms with Crippen LogP contribution < -0.4 is 10.2 Å². The molecule has 0 fully saturated rings. The molecule has 0 radical (unpaired) electrons. The molecule has 2 aromatic rings. The number of para-hydroxylation sites is 1. The number of rotatable bonds is 1. The molecule has 0 aliphatic rings. The van der Waals surface area contributed by atoms with Gasteiger partial charge in [0.1, 0.15) is 0 Å². The molecule has 1 amide bonds. The second-order valence-corrected chi connectivity index (χ2v) is 3.56. The molecule has 96 valence electrons. The van der Waals surface area contributed by atoms with Crippen LogP contribution in [0.15, 0.2) is 35.5 Å². The number of H-pyrrole nitrogens is 1. The predicted molar refractivity (Wildman–Crippen MR) is 75.4 cm³/mol. The van der Waals surface area contributed by atoms with Gasteiger partial charge in [-0.15, -0.1) is 12.4 Å². The van der Waals surface area contributed by atoms with E-state index in [0.717, 1.165) is 10.9 Å². The molecule has 1 aromatic heterocycles. The van der Waals surface area contributed by atoms with Crippen molar-refractivity contribution in [2.24, 2.45) is 4.99 Å². The van der Waals surface area contributed by atoms with Gasteiger partial charge in [0.25, 0.3) is 5.91 Å². The molecule has 1 aromatic carbocycles. The molecule has 0 aliphatic heterocycles. The highest BCUT2D eigenvalue weighted by Gasteiger charge is 2.12. The molecule has 0 spiro atoms. The van der Waals surface area contributed by atoms with E-state index >= 15 is 0 Å².